The van der Waals surface area contributed by atoms with Gasteiger partial charge in [-0.3, -0.25) is 4.79 Å². The summed E-state index contributed by atoms with van der Waals surface area (Å²) >= 11 is 0. The number of carboxylic acids is 1. The lowest BCUT2D eigenvalue weighted by Gasteiger charge is -2.34. The van der Waals surface area contributed by atoms with E-state index < -0.39 is 12.6 Å². The molecule has 1 N–H and O–H groups in total. The molecule has 1 aliphatic heterocycles. The monoisotopic (exact) mass is 460 g/mol. The van der Waals surface area contributed by atoms with Gasteiger partial charge in [-0.1, -0.05) is 41.5 Å². The molecule has 0 aliphatic carbocycles. The van der Waals surface area contributed by atoms with Gasteiger partial charge in [0, 0.05) is 24.3 Å². The molecule has 7 nitrogen and oxygen atoms in total. The predicted octanol–water partition coefficient (Wildman–Crippen LogP) is 4.31. The van der Waals surface area contributed by atoms with Crippen molar-refractivity contribution in [1.82, 2.24) is 0 Å². The maximum Gasteiger partial charge on any atom is 0.341 e. The summed E-state index contributed by atoms with van der Waals surface area (Å²) in [4.78, 5) is 28.3. The van der Waals surface area contributed by atoms with Crippen LogP contribution in [0.5, 0.6) is 11.5 Å². The van der Waals surface area contributed by atoms with Gasteiger partial charge in [0.15, 0.2) is 18.1 Å². The molecule has 34 heavy (non-hydrogen) atoms. The Morgan fingerprint density at radius 1 is 1.00 bits per heavy atom. The Bertz CT molecular complexity index is 1160. The highest BCUT2D eigenvalue weighted by molar-refractivity contribution is 6.06. The van der Waals surface area contributed by atoms with Crippen molar-refractivity contribution in [3.63, 3.8) is 0 Å². The van der Waals surface area contributed by atoms with E-state index in [-0.39, 0.29) is 5.91 Å². The van der Waals surface area contributed by atoms with E-state index in [2.05, 4.69) is 4.90 Å². The minimum Gasteiger partial charge on any atom is -0.486 e. The Morgan fingerprint density at radius 2 is 1.68 bits per heavy atom. The molecule has 0 atom stereocenters. The summed E-state index contributed by atoms with van der Waals surface area (Å²) in [6, 6.07) is 21.0. The molecule has 176 valence electrons. The molecule has 0 bridgehead atoms. The Kier molecular flexibility index (Phi) is 7.01. The van der Waals surface area contributed by atoms with Crippen LogP contribution in [-0.4, -0.2) is 49.8 Å². The summed E-state index contributed by atoms with van der Waals surface area (Å²) in [6.07, 6.45) is 0. The molecule has 0 fully saturated rings. The fraction of sp³-hybridized carbons (Fsp3) is 0.259. The Hall–Kier alpha value is -4.00. The third-order valence-electron chi connectivity index (χ3n) is 5.74. The van der Waals surface area contributed by atoms with E-state index >= 15 is 0 Å². The van der Waals surface area contributed by atoms with Gasteiger partial charge >= 0.3 is 5.97 Å². The van der Waals surface area contributed by atoms with Crippen molar-refractivity contribution in [3.05, 3.63) is 83.4 Å². The standard InChI is InChI=1S/C27H28N2O5/c1-19-6-10-21(11-7-19)27(32)29(22-12-8-20(2)9-13-22)15-14-28-16-17-33-26-23(28)4-3-5-24(26)34-18-25(30)31/h3-13H,14-18H2,1-2H3,(H,30,31). The molecule has 0 spiro atoms. The molecular formula is C27H28N2O5. The van der Waals surface area contributed by atoms with Crippen LogP contribution in [0.3, 0.4) is 0 Å². The van der Waals surface area contributed by atoms with Crippen molar-refractivity contribution in [1.29, 1.82) is 0 Å². The number of aliphatic carboxylic acids is 1. The van der Waals surface area contributed by atoms with E-state index in [1.165, 1.54) is 0 Å². The molecule has 0 aromatic heterocycles. The Balaban J connectivity index is 1.57. The van der Waals surface area contributed by atoms with Gasteiger partial charge in [0.05, 0.1) is 12.2 Å². The first-order valence-corrected chi connectivity index (χ1v) is 11.2. The molecule has 1 heterocycles. The van der Waals surface area contributed by atoms with Crippen molar-refractivity contribution in [2.24, 2.45) is 0 Å². The van der Waals surface area contributed by atoms with Crippen molar-refractivity contribution in [2.45, 2.75) is 13.8 Å². The van der Waals surface area contributed by atoms with E-state index in [1.807, 2.05) is 74.5 Å². The summed E-state index contributed by atoms with van der Waals surface area (Å²) in [7, 11) is 0. The average Bonchev–Trinajstić information content (AvgIpc) is 2.84. The number of hydrogen-bond acceptors (Lipinski definition) is 5. The number of carboxylic acid groups (broad SMARTS) is 1. The van der Waals surface area contributed by atoms with E-state index in [4.69, 9.17) is 14.6 Å². The van der Waals surface area contributed by atoms with Crippen LogP contribution in [0.4, 0.5) is 11.4 Å². The molecule has 0 radical (unpaired) electrons. The number of aryl methyl sites for hydroxylation is 2. The van der Waals surface area contributed by atoms with Crippen LogP contribution in [0, 0.1) is 13.8 Å². The zero-order chi connectivity index (χ0) is 24.1. The highest BCUT2D eigenvalue weighted by Gasteiger charge is 2.24. The molecule has 3 aromatic rings. The van der Waals surface area contributed by atoms with Gasteiger partial charge in [0.25, 0.3) is 5.91 Å². The summed E-state index contributed by atoms with van der Waals surface area (Å²) < 4.78 is 11.2. The summed E-state index contributed by atoms with van der Waals surface area (Å²) in [5.41, 5.74) is 4.52. The van der Waals surface area contributed by atoms with E-state index in [0.29, 0.717) is 43.3 Å². The predicted molar refractivity (Wildman–Crippen MR) is 131 cm³/mol. The lowest BCUT2D eigenvalue weighted by Crippen LogP contribution is -2.41. The smallest absolute Gasteiger partial charge is 0.341 e. The number of benzene rings is 3. The molecule has 4 rings (SSSR count). The molecule has 1 aliphatic rings. The van der Waals surface area contributed by atoms with E-state index in [9.17, 15) is 9.59 Å². The van der Waals surface area contributed by atoms with Crippen LogP contribution in [-0.2, 0) is 4.79 Å². The van der Waals surface area contributed by atoms with Gasteiger partial charge in [-0.2, -0.15) is 0 Å². The van der Waals surface area contributed by atoms with Crippen LogP contribution < -0.4 is 19.3 Å². The summed E-state index contributed by atoms with van der Waals surface area (Å²) in [5, 5.41) is 8.95. The summed E-state index contributed by atoms with van der Waals surface area (Å²) in [5.74, 6) is -0.179. The SMILES string of the molecule is Cc1ccc(C(=O)N(CCN2CCOc3c(OCC(=O)O)cccc32)c2ccc(C)cc2)cc1. The van der Waals surface area contributed by atoms with Gasteiger partial charge in [-0.15, -0.1) is 0 Å². The molecule has 0 saturated heterocycles. The van der Waals surface area contributed by atoms with E-state index in [0.717, 1.165) is 22.5 Å². The molecular weight excluding hydrogens is 432 g/mol. The van der Waals surface area contributed by atoms with Crippen molar-refractivity contribution < 1.29 is 24.2 Å². The number of anilines is 2. The van der Waals surface area contributed by atoms with Crippen molar-refractivity contribution in [2.75, 3.05) is 42.6 Å². The van der Waals surface area contributed by atoms with Gasteiger partial charge in [0.2, 0.25) is 0 Å². The third-order valence-corrected chi connectivity index (χ3v) is 5.74. The zero-order valence-corrected chi connectivity index (χ0v) is 19.4. The highest BCUT2D eigenvalue weighted by Crippen LogP contribution is 2.39. The fourth-order valence-electron chi connectivity index (χ4n) is 3.91. The fourth-order valence-corrected chi connectivity index (χ4v) is 3.91. The normalized spacial score (nSPS) is 12.5. The molecule has 0 unspecified atom stereocenters. The van der Waals surface area contributed by atoms with Gasteiger partial charge in [-0.05, 0) is 50.2 Å². The Labute approximate surface area is 199 Å². The third kappa shape index (κ3) is 5.31. The van der Waals surface area contributed by atoms with Crippen LogP contribution in [0.1, 0.15) is 21.5 Å². The second-order valence-corrected chi connectivity index (χ2v) is 8.28. The number of ether oxygens (including phenoxy) is 2. The van der Waals surface area contributed by atoms with Crippen LogP contribution >= 0.6 is 0 Å². The number of carbonyl (C=O) groups excluding carboxylic acids is 1. The average molecular weight is 461 g/mol. The van der Waals surface area contributed by atoms with Crippen molar-refractivity contribution in [3.8, 4) is 11.5 Å². The number of amides is 1. The maximum absolute atomic E-state index is 13.5. The van der Waals surface area contributed by atoms with Gasteiger partial charge in [-0.25, -0.2) is 4.79 Å². The van der Waals surface area contributed by atoms with Crippen LogP contribution in [0.25, 0.3) is 0 Å². The minimum absolute atomic E-state index is 0.0594. The minimum atomic E-state index is -1.05. The van der Waals surface area contributed by atoms with Crippen LogP contribution in [0.2, 0.25) is 0 Å². The van der Waals surface area contributed by atoms with Gasteiger partial charge < -0.3 is 24.4 Å². The second kappa shape index (κ2) is 10.3. The van der Waals surface area contributed by atoms with Gasteiger partial charge in [0.1, 0.15) is 6.61 Å². The number of carbonyl (C=O) groups is 2. The Morgan fingerprint density at radius 3 is 2.35 bits per heavy atom. The molecule has 3 aromatic carbocycles. The summed E-state index contributed by atoms with van der Waals surface area (Å²) in [6.45, 7) is 5.71. The lowest BCUT2D eigenvalue weighted by molar-refractivity contribution is -0.139. The topological polar surface area (TPSA) is 79.3 Å². The number of rotatable bonds is 8. The van der Waals surface area contributed by atoms with E-state index in [1.54, 1.807) is 11.0 Å². The quantitative estimate of drug-likeness (QED) is 0.540. The first-order valence-electron chi connectivity index (χ1n) is 11.2. The lowest BCUT2D eigenvalue weighted by atomic mass is 10.1. The number of hydrogen-bond donors (Lipinski definition) is 1. The molecule has 7 heteroatoms. The number of nitrogens with zero attached hydrogens (tertiary/aromatic N) is 2. The number of fused-ring (bicyclic) bond motifs is 1. The second-order valence-electron chi connectivity index (χ2n) is 8.28. The maximum atomic E-state index is 13.5. The first kappa shape index (κ1) is 23.2. The van der Waals surface area contributed by atoms with Crippen LogP contribution in [0.15, 0.2) is 66.7 Å². The molecule has 1 amide bonds. The highest BCUT2D eigenvalue weighted by atomic mass is 16.5. The zero-order valence-electron chi connectivity index (χ0n) is 19.4. The first-order chi connectivity index (χ1) is 16.4. The molecule has 0 saturated carbocycles. The largest absolute Gasteiger partial charge is 0.486 e. The van der Waals surface area contributed by atoms with Crippen molar-refractivity contribution >= 4 is 23.3 Å². The number of para-hydroxylation sites is 1.